The van der Waals surface area contributed by atoms with Gasteiger partial charge in [0.1, 0.15) is 35.9 Å². The molecule has 10 heteroatoms. The summed E-state index contributed by atoms with van der Waals surface area (Å²) in [4.78, 5) is 31.0. The Balaban J connectivity index is 1.56. The first kappa shape index (κ1) is 21.4. The van der Waals surface area contributed by atoms with Crippen LogP contribution in [0.4, 0.5) is 0 Å². The Bertz CT molecular complexity index is 1450. The number of fused-ring (bicyclic) bond motifs is 1. The van der Waals surface area contributed by atoms with Gasteiger partial charge in [-0.25, -0.2) is 15.0 Å². The maximum absolute atomic E-state index is 13.9. The molecule has 0 aliphatic carbocycles. The highest BCUT2D eigenvalue weighted by Gasteiger charge is 2.31. The number of carbonyl (C=O) groups excluding carboxylic acids is 1. The molecule has 1 unspecified atom stereocenters. The number of hydrogen-bond acceptors (Lipinski definition) is 9. The highest BCUT2D eigenvalue weighted by atomic mass is 16.5. The lowest BCUT2D eigenvalue weighted by molar-refractivity contribution is 0.0936. The van der Waals surface area contributed by atoms with Gasteiger partial charge in [0.05, 0.1) is 35.6 Å². The quantitative estimate of drug-likeness (QED) is 0.352. The van der Waals surface area contributed by atoms with E-state index in [1.54, 1.807) is 31.8 Å². The fourth-order valence-electron chi connectivity index (χ4n) is 3.86. The van der Waals surface area contributed by atoms with Gasteiger partial charge >= 0.3 is 0 Å². The van der Waals surface area contributed by atoms with Gasteiger partial charge in [0.25, 0.3) is 0 Å². The van der Waals surface area contributed by atoms with E-state index in [2.05, 4.69) is 25.4 Å². The van der Waals surface area contributed by atoms with Crippen molar-refractivity contribution in [2.75, 3.05) is 7.11 Å². The first-order chi connectivity index (χ1) is 16.7. The van der Waals surface area contributed by atoms with E-state index >= 15 is 0 Å². The van der Waals surface area contributed by atoms with Gasteiger partial charge in [0, 0.05) is 31.5 Å². The number of ketones is 1. The molecule has 0 aliphatic rings. The molecule has 5 aromatic rings. The van der Waals surface area contributed by atoms with E-state index in [1.807, 2.05) is 41.9 Å². The van der Waals surface area contributed by atoms with E-state index in [0.717, 1.165) is 22.3 Å². The van der Waals surface area contributed by atoms with Crippen molar-refractivity contribution in [2.45, 2.75) is 12.6 Å². The largest absolute Gasteiger partial charge is 0.496 e. The van der Waals surface area contributed by atoms with E-state index in [0.29, 0.717) is 29.3 Å². The van der Waals surface area contributed by atoms with Gasteiger partial charge in [-0.1, -0.05) is 23.4 Å². The van der Waals surface area contributed by atoms with Gasteiger partial charge in [-0.15, -0.1) is 0 Å². The van der Waals surface area contributed by atoms with E-state index in [9.17, 15) is 4.79 Å². The molecule has 170 valence electrons. The SMILES string of the molecule is COc1ccccc1CNC(C(=O)c1conc1-c1ccncn1)c1nc2ccncc2n1C. The number of nitrogens with one attached hydrogen (secondary N) is 1. The number of nitrogens with zero attached hydrogens (tertiary/aromatic N) is 6. The molecule has 34 heavy (non-hydrogen) atoms. The van der Waals surface area contributed by atoms with Crippen molar-refractivity contribution >= 4 is 16.8 Å². The Morgan fingerprint density at radius 3 is 2.82 bits per heavy atom. The second-order valence-corrected chi connectivity index (χ2v) is 7.55. The minimum absolute atomic E-state index is 0.254. The summed E-state index contributed by atoms with van der Waals surface area (Å²) in [6.07, 6.45) is 7.71. The van der Waals surface area contributed by atoms with Crippen molar-refractivity contribution in [1.82, 2.24) is 35.0 Å². The average Bonchev–Trinajstić information content (AvgIpc) is 3.50. The number of pyridine rings is 1. The predicted molar refractivity (Wildman–Crippen MR) is 123 cm³/mol. The number of aromatic nitrogens is 6. The standard InChI is InChI=1S/C24H21N7O3/c1-31-19-12-25-9-7-17(19)29-24(31)22(27-11-15-5-3-4-6-20(15)33-2)23(32)16-13-34-30-21(16)18-8-10-26-14-28-18/h3-10,12-14,22,27H,11H2,1-2H3. The number of para-hydroxylation sites is 1. The molecule has 0 spiro atoms. The molecule has 1 atom stereocenters. The van der Waals surface area contributed by atoms with Crippen LogP contribution in [-0.4, -0.2) is 42.6 Å². The van der Waals surface area contributed by atoms with Gasteiger partial charge in [0.15, 0.2) is 5.78 Å². The highest BCUT2D eigenvalue weighted by Crippen LogP contribution is 2.28. The molecule has 0 amide bonds. The van der Waals surface area contributed by atoms with Crippen molar-refractivity contribution in [2.24, 2.45) is 7.05 Å². The van der Waals surface area contributed by atoms with Crippen molar-refractivity contribution in [3.05, 3.63) is 84.5 Å². The zero-order valence-corrected chi connectivity index (χ0v) is 18.5. The smallest absolute Gasteiger partial charge is 0.193 e. The number of hydrogen-bond donors (Lipinski definition) is 1. The Hall–Kier alpha value is -4.44. The van der Waals surface area contributed by atoms with Crippen LogP contribution in [0.15, 0.2) is 72.1 Å². The Kier molecular flexibility index (Phi) is 5.79. The van der Waals surface area contributed by atoms with Gasteiger partial charge < -0.3 is 13.8 Å². The van der Waals surface area contributed by atoms with Crippen LogP contribution in [0.2, 0.25) is 0 Å². The topological polar surface area (TPSA) is 121 Å². The molecule has 0 fully saturated rings. The minimum Gasteiger partial charge on any atom is -0.496 e. The van der Waals surface area contributed by atoms with Gasteiger partial charge in [-0.3, -0.25) is 15.1 Å². The molecule has 4 aromatic heterocycles. The fourth-order valence-corrected chi connectivity index (χ4v) is 3.86. The molecule has 0 saturated carbocycles. The van der Waals surface area contributed by atoms with E-state index in [-0.39, 0.29) is 5.78 Å². The minimum atomic E-state index is -0.803. The van der Waals surface area contributed by atoms with Crippen molar-refractivity contribution in [1.29, 1.82) is 0 Å². The summed E-state index contributed by atoms with van der Waals surface area (Å²) < 4.78 is 12.5. The zero-order chi connectivity index (χ0) is 23.5. The number of benzene rings is 1. The molecule has 5 rings (SSSR count). The van der Waals surface area contributed by atoms with Crippen LogP contribution in [-0.2, 0) is 13.6 Å². The number of carbonyl (C=O) groups is 1. The third kappa shape index (κ3) is 3.90. The molecule has 10 nitrogen and oxygen atoms in total. The summed E-state index contributed by atoms with van der Waals surface area (Å²) in [7, 11) is 3.47. The molecule has 0 aliphatic heterocycles. The van der Waals surface area contributed by atoms with E-state index < -0.39 is 6.04 Å². The summed E-state index contributed by atoms with van der Waals surface area (Å²) in [6, 6.07) is 10.3. The second kappa shape index (κ2) is 9.20. The lowest BCUT2D eigenvalue weighted by Gasteiger charge is -2.18. The number of methoxy groups -OCH3 is 1. The van der Waals surface area contributed by atoms with Crippen LogP contribution in [0, 0.1) is 0 Å². The maximum Gasteiger partial charge on any atom is 0.193 e. The van der Waals surface area contributed by atoms with E-state index in [4.69, 9.17) is 14.2 Å². The van der Waals surface area contributed by atoms with Crippen molar-refractivity contribution in [3.63, 3.8) is 0 Å². The van der Waals surface area contributed by atoms with E-state index in [1.165, 1.54) is 12.6 Å². The molecule has 0 bridgehead atoms. The van der Waals surface area contributed by atoms with Crippen LogP contribution in [0.5, 0.6) is 5.75 Å². The van der Waals surface area contributed by atoms with Crippen molar-refractivity contribution < 1.29 is 14.1 Å². The van der Waals surface area contributed by atoms with Crippen LogP contribution in [0.1, 0.15) is 27.8 Å². The summed E-state index contributed by atoms with van der Waals surface area (Å²) in [6.45, 7) is 0.371. The number of Topliss-reactive ketones (excluding diaryl/α,β-unsaturated/α-hetero) is 1. The molecule has 1 N–H and O–H groups in total. The molecule has 1 aromatic carbocycles. The number of ether oxygens (including phenoxy) is 1. The lowest BCUT2D eigenvalue weighted by Crippen LogP contribution is -2.31. The molecular formula is C24H21N7O3. The summed E-state index contributed by atoms with van der Waals surface area (Å²) in [5.74, 6) is 1.01. The first-order valence-electron chi connectivity index (χ1n) is 10.5. The molecule has 0 saturated heterocycles. The Morgan fingerprint density at radius 2 is 2.03 bits per heavy atom. The number of imidazole rings is 1. The Labute approximate surface area is 194 Å². The number of rotatable bonds is 8. The summed E-state index contributed by atoms with van der Waals surface area (Å²) >= 11 is 0. The maximum atomic E-state index is 13.9. The molecule has 0 radical (unpaired) electrons. The third-order valence-electron chi connectivity index (χ3n) is 5.59. The van der Waals surface area contributed by atoms with Crippen LogP contribution in [0.3, 0.4) is 0 Å². The highest BCUT2D eigenvalue weighted by molar-refractivity contribution is 6.04. The van der Waals surface area contributed by atoms with Crippen molar-refractivity contribution in [3.8, 4) is 17.1 Å². The Morgan fingerprint density at radius 1 is 1.18 bits per heavy atom. The molecular weight excluding hydrogens is 434 g/mol. The second-order valence-electron chi connectivity index (χ2n) is 7.55. The number of aryl methyl sites for hydroxylation is 1. The predicted octanol–water partition coefficient (Wildman–Crippen LogP) is 3.14. The van der Waals surface area contributed by atoms with Gasteiger partial charge in [0.2, 0.25) is 0 Å². The fraction of sp³-hybridized carbons (Fsp3) is 0.167. The lowest BCUT2D eigenvalue weighted by atomic mass is 10.0. The average molecular weight is 455 g/mol. The molecule has 4 heterocycles. The van der Waals surface area contributed by atoms with Crippen LogP contribution < -0.4 is 10.1 Å². The van der Waals surface area contributed by atoms with Gasteiger partial charge in [-0.05, 0) is 18.2 Å². The normalized spacial score (nSPS) is 12.1. The monoisotopic (exact) mass is 455 g/mol. The van der Waals surface area contributed by atoms with Crippen LogP contribution >= 0.6 is 0 Å². The summed E-state index contributed by atoms with van der Waals surface area (Å²) in [5.41, 5.74) is 3.59. The first-order valence-corrected chi connectivity index (χ1v) is 10.5. The third-order valence-corrected chi connectivity index (χ3v) is 5.59. The van der Waals surface area contributed by atoms with Gasteiger partial charge in [-0.2, -0.15) is 0 Å². The summed E-state index contributed by atoms with van der Waals surface area (Å²) in [5, 5.41) is 7.38. The zero-order valence-electron chi connectivity index (χ0n) is 18.5. The van der Waals surface area contributed by atoms with Crippen LogP contribution in [0.25, 0.3) is 22.4 Å².